The molecule has 2 saturated heterocycles. The molecule has 7 heteroatoms. The first-order valence-electron chi connectivity index (χ1n) is 17.7. The largest absolute Gasteiger partial charge is 0.490 e. The summed E-state index contributed by atoms with van der Waals surface area (Å²) in [6, 6.07) is 17.0. The van der Waals surface area contributed by atoms with E-state index in [1.807, 2.05) is 11.0 Å². The normalized spacial score (nSPS) is 21.2. The summed E-state index contributed by atoms with van der Waals surface area (Å²) in [7, 11) is 0. The fourth-order valence-corrected chi connectivity index (χ4v) is 8.42. The zero-order valence-electron chi connectivity index (χ0n) is 27.0. The third-order valence-electron chi connectivity index (χ3n) is 11.8. The summed E-state index contributed by atoms with van der Waals surface area (Å²) in [6.45, 7) is 5.97. The van der Waals surface area contributed by atoms with E-state index < -0.39 is 0 Å². The Labute approximate surface area is 271 Å². The van der Waals surface area contributed by atoms with Gasteiger partial charge in [-0.25, -0.2) is 4.98 Å². The minimum atomic E-state index is 0.0232. The summed E-state index contributed by atoms with van der Waals surface area (Å²) >= 11 is 0. The van der Waals surface area contributed by atoms with Gasteiger partial charge in [-0.05, 0) is 113 Å². The number of hydrogen-bond acceptors (Lipinski definition) is 6. The third kappa shape index (κ3) is 5.07. The van der Waals surface area contributed by atoms with E-state index in [2.05, 4.69) is 59.4 Å². The molecule has 3 saturated carbocycles. The Morgan fingerprint density at radius 3 is 2.48 bits per heavy atom. The zero-order valence-corrected chi connectivity index (χ0v) is 27.0. The van der Waals surface area contributed by atoms with Gasteiger partial charge in [-0.1, -0.05) is 29.4 Å². The number of rotatable bonds is 8. The molecule has 5 aliphatic rings. The molecule has 3 aliphatic carbocycles. The molecule has 1 amide bonds. The van der Waals surface area contributed by atoms with Crippen LogP contribution in [0.15, 0.2) is 53.1 Å². The summed E-state index contributed by atoms with van der Waals surface area (Å²) in [5.41, 5.74) is 8.02. The molecule has 0 N–H and O–H groups in total. The van der Waals surface area contributed by atoms with E-state index in [4.69, 9.17) is 14.2 Å². The maximum absolute atomic E-state index is 13.0. The minimum Gasteiger partial charge on any atom is -0.490 e. The molecular weight excluding hydrogens is 572 g/mol. The summed E-state index contributed by atoms with van der Waals surface area (Å²) in [6.07, 6.45) is 13.3. The second-order valence-electron chi connectivity index (χ2n) is 15.0. The number of benzene rings is 2. The third-order valence-corrected chi connectivity index (χ3v) is 11.8. The van der Waals surface area contributed by atoms with Gasteiger partial charge in [0, 0.05) is 60.4 Å². The van der Waals surface area contributed by atoms with Gasteiger partial charge in [-0.3, -0.25) is 4.79 Å². The van der Waals surface area contributed by atoms with Crippen molar-refractivity contribution < 1.29 is 14.1 Å². The van der Waals surface area contributed by atoms with Crippen molar-refractivity contribution in [1.29, 1.82) is 0 Å². The fraction of sp³-hybridized carbons (Fsp3) is 0.513. The van der Waals surface area contributed by atoms with Crippen molar-refractivity contribution in [3.05, 3.63) is 71.1 Å². The SMILES string of the molecule is Cc1ccccc1-c1noc(C2CC2)c1CC1CC2(CCN(c3ccc4nc(C(=O)N5CCC5)cc(OC5CCC5)c4c3)CC2)C1. The lowest BCUT2D eigenvalue weighted by molar-refractivity contribution is 0.0282. The van der Waals surface area contributed by atoms with Crippen molar-refractivity contribution in [2.24, 2.45) is 11.3 Å². The first kappa shape index (κ1) is 28.4. The molecule has 0 bridgehead atoms. The highest BCUT2D eigenvalue weighted by molar-refractivity contribution is 5.98. The number of nitrogens with zero attached hydrogens (tertiary/aromatic N) is 4. The Bertz CT molecular complexity index is 1780. The number of pyridine rings is 1. The standard InChI is InChI=1S/C39H44N4O3/c1-25-6-2-3-9-30(25)36-32(37(46-41-36)27-10-11-27)20-26-23-39(24-26)14-18-42(19-15-39)28-12-13-33-31(21-28)35(45-29-7-4-8-29)22-34(40-33)38(44)43-16-5-17-43/h2-3,6,9,12-13,21-22,26-27,29H,4-5,7-8,10-11,14-20,23-24H2,1H3. The Hall–Kier alpha value is -3.87. The lowest BCUT2D eigenvalue weighted by Crippen LogP contribution is -2.47. The average molecular weight is 617 g/mol. The Morgan fingerprint density at radius 1 is 0.978 bits per heavy atom. The van der Waals surface area contributed by atoms with Crippen molar-refractivity contribution in [2.75, 3.05) is 31.1 Å². The number of aromatic nitrogens is 2. The molecule has 0 atom stereocenters. The number of piperidine rings is 1. The second-order valence-corrected chi connectivity index (χ2v) is 15.0. The van der Waals surface area contributed by atoms with Crippen LogP contribution in [0.3, 0.4) is 0 Å². The van der Waals surface area contributed by atoms with Crippen LogP contribution >= 0.6 is 0 Å². The van der Waals surface area contributed by atoms with E-state index in [1.54, 1.807) is 0 Å². The van der Waals surface area contributed by atoms with Crippen LogP contribution in [-0.2, 0) is 6.42 Å². The van der Waals surface area contributed by atoms with E-state index in [-0.39, 0.29) is 12.0 Å². The number of amides is 1. The van der Waals surface area contributed by atoms with Crippen LogP contribution in [0.5, 0.6) is 5.75 Å². The van der Waals surface area contributed by atoms with Crippen LogP contribution in [-0.4, -0.2) is 53.2 Å². The predicted octanol–water partition coefficient (Wildman–Crippen LogP) is 8.09. The van der Waals surface area contributed by atoms with Gasteiger partial charge in [-0.2, -0.15) is 0 Å². The molecule has 7 nitrogen and oxygen atoms in total. The van der Waals surface area contributed by atoms with Gasteiger partial charge in [0.25, 0.3) is 5.91 Å². The number of fused-ring (bicyclic) bond motifs is 1. The molecule has 5 fully saturated rings. The molecule has 0 radical (unpaired) electrons. The summed E-state index contributed by atoms with van der Waals surface area (Å²) < 4.78 is 12.5. The number of ether oxygens (including phenoxy) is 1. The quantitative estimate of drug-likeness (QED) is 0.199. The predicted molar refractivity (Wildman–Crippen MR) is 179 cm³/mol. The second kappa shape index (κ2) is 11.1. The van der Waals surface area contributed by atoms with E-state index in [0.717, 1.165) is 80.0 Å². The Balaban J connectivity index is 0.892. The van der Waals surface area contributed by atoms with E-state index in [9.17, 15) is 4.79 Å². The first-order chi connectivity index (χ1) is 22.5. The topological polar surface area (TPSA) is 71.7 Å². The molecule has 1 spiro atoms. The summed E-state index contributed by atoms with van der Waals surface area (Å²) in [4.78, 5) is 22.3. The molecule has 46 heavy (non-hydrogen) atoms. The maximum Gasteiger partial charge on any atom is 0.272 e. The molecule has 0 unspecified atom stereocenters. The number of likely N-dealkylation sites (tertiary alicyclic amines) is 1. The van der Waals surface area contributed by atoms with Crippen LogP contribution in [0.1, 0.15) is 97.5 Å². The molecule has 2 aromatic heterocycles. The average Bonchev–Trinajstić information content (AvgIpc) is 3.77. The van der Waals surface area contributed by atoms with Gasteiger partial charge >= 0.3 is 0 Å². The highest BCUT2D eigenvalue weighted by Gasteiger charge is 2.47. The van der Waals surface area contributed by atoms with E-state index >= 15 is 0 Å². The lowest BCUT2D eigenvalue weighted by atomic mass is 9.56. The number of carbonyl (C=O) groups is 1. The van der Waals surface area contributed by atoms with Gasteiger partial charge in [0.15, 0.2) is 0 Å². The van der Waals surface area contributed by atoms with Crippen LogP contribution in [0.4, 0.5) is 5.69 Å². The number of aryl methyl sites for hydroxylation is 1. The lowest BCUT2D eigenvalue weighted by Gasteiger charge is -2.53. The molecule has 2 aromatic carbocycles. The Morgan fingerprint density at radius 2 is 1.78 bits per heavy atom. The number of carbonyl (C=O) groups excluding carboxylic acids is 1. The first-order valence-corrected chi connectivity index (χ1v) is 17.7. The van der Waals surface area contributed by atoms with Gasteiger partial charge < -0.3 is 19.1 Å². The fourth-order valence-electron chi connectivity index (χ4n) is 8.42. The van der Waals surface area contributed by atoms with E-state index in [0.29, 0.717) is 22.9 Å². The zero-order chi connectivity index (χ0) is 30.8. The molecule has 2 aliphatic heterocycles. The Kier molecular flexibility index (Phi) is 6.86. The molecule has 4 heterocycles. The number of anilines is 1. The van der Waals surface area contributed by atoms with Crippen molar-refractivity contribution in [3.8, 4) is 17.0 Å². The molecule has 4 aromatic rings. The smallest absolute Gasteiger partial charge is 0.272 e. The minimum absolute atomic E-state index is 0.0232. The van der Waals surface area contributed by atoms with Crippen LogP contribution < -0.4 is 9.64 Å². The highest BCUT2D eigenvalue weighted by atomic mass is 16.5. The van der Waals surface area contributed by atoms with Crippen molar-refractivity contribution in [3.63, 3.8) is 0 Å². The molecule has 9 rings (SSSR count). The van der Waals surface area contributed by atoms with Crippen LogP contribution in [0.2, 0.25) is 0 Å². The van der Waals surface area contributed by atoms with E-state index in [1.165, 1.54) is 67.3 Å². The maximum atomic E-state index is 13.0. The van der Waals surface area contributed by atoms with Crippen LogP contribution in [0, 0.1) is 18.3 Å². The summed E-state index contributed by atoms with van der Waals surface area (Å²) in [5.74, 6) is 3.28. The monoisotopic (exact) mass is 616 g/mol. The van der Waals surface area contributed by atoms with Crippen molar-refractivity contribution >= 4 is 22.5 Å². The molecule has 238 valence electrons. The number of hydrogen-bond donors (Lipinski definition) is 0. The van der Waals surface area contributed by atoms with Gasteiger partial charge in [0.2, 0.25) is 0 Å². The van der Waals surface area contributed by atoms with Crippen molar-refractivity contribution in [1.82, 2.24) is 15.0 Å². The van der Waals surface area contributed by atoms with Crippen molar-refractivity contribution in [2.45, 2.75) is 89.6 Å². The van der Waals surface area contributed by atoms with Gasteiger partial charge in [-0.15, -0.1) is 0 Å². The van der Waals surface area contributed by atoms with Gasteiger partial charge in [0.1, 0.15) is 22.9 Å². The van der Waals surface area contributed by atoms with Gasteiger partial charge in [0.05, 0.1) is 11.6 Å². The van der Waals surface area contributed by atoms with Crippen LogP contribution in [0.25, 0.3) is 22.2 Å². The molecular formula is C39H44N4O3. The highest BCUT2D eigenvalue weighted by Crippen LogP contribution is 2.55. The summed E-state index contributed by atoms with van der Waals surface area (Å²) in [5, 5.41) is 5.66.